The van der Waals surface area contributed by atoms with E-state index < -0.39 is 0 Å². The number of carbonyl (C=O) groups is 1. The molecule has 1 aliphatic rings. The number of nitrogens with two attached hydrogens (primary N) is 1. The number of primary amides is 1. The molecule has 3 N–H and O–H groups in total. The molecule has 1 aliphatic heterocycles. The van der Waals surface area contributed by atoms with Gasteiger partial charge in [-0.05, 0) is 44.2 Å². The summed E-state index contributed by atoms with van der Waals surface area (Å²) >= 11 is 0. The van der Waals surface area contributed by atoms with Crippen molar-refractivity contribution in [2.45, 2.75) is 38.1 Å². The molecule has 0 radical (unpaired) electrons. The summed E-state index contributed by atoms with van der Waals surface area (Å²) in [6.07, 6.45) is 5.21. The average Bonchev–Trinajstić information content (AvgIpc) is 2.40. The predicted octanol–water partition coefficient (Wildman–Crippen LogP) is 1.86. The van der Waals surface area contributed by atoms with E-state index in [0.717, 1.165) is 38.6 Å². The van der Waals surface area contributed by atoms with Crippen LogP contribution in [0.2, 0.25) is 0 Å². The van der Waals surface area contributed by atoms with Gasteiger partial charge in [-0.2, -0.15) is 0 Å². The first-order valence-corrected chi connectivity index (χ1v) is 6.84. The summed E-state index contributed by atoms with van der Waals surface area (Å²) < 4.78 is 0. The van der Waals surface area contributed by atoms with Crippen LogP contribution in [0.5, 0.6) is 0 Å². The van der Waals surface area contributed by atoms with E-state index >= 15 is 0 Å². The smallest absolute Gasteiger partial charge is 0.222 e. The fourth-order valence-corrected chi connectivity index (χ4v) is 2.77. The second-order valence-corrected chi connectivity index (χ2v) is 5.09. The van der Waals surface area contributed by atoms with Crippen molar-refractivity contribution in [2.75, 3.05) is 6.54 Å². The van der Waals surface area contributed by atoms with Crippen LogP contribution in [0, 0.1) is 5.92 Å². The third kappa shape index (κ3) is 3.57. The molecule has 1 saturated heterocycles. The van der Waals surface area contributed by atoms with Gasteiger partial charge in [-0.1, -0.05) is 30.3 Å². The Morgan fingerprint density at radius 3 is 2.83 bits per heavy atom. The molecule has 2 atom stereocenters. The van der Waals surface area contributed by atoms with Crippen molar-refractivity contribution in [3.63, 3.8) is 0 Å². The molecule has 1 amide bonds. The number of piperidine rings is 1. The third-order valence-corrected chi connectivity index (χ3v) is 3.77. The van der Waals surface area contributed by atoms with Crippen molar-refractivity contribution in [3.05, 3.63) is 35.9 Å². The molecule has 1 fully saturated rings. The molecule has 1 heterocycles. The van der Waals surface area contributed by atoms with Crippen molar-refractivity contribution < 1.29 is 4.79 Å². The number of aryl methyl sites for hydroxylation is 1. The van der Waals surface area contributed by atoms with Crippen LogP contribution in [0.1, 0.15) is 31.2 Å². The van der Waals surface area contributed by atoms with Gasteiger partial charge in [-0.15, -0.1) is 0 Å². The number of amides is 1. The zero-order chi connectivity index (χ0) is 12.8. The molecule has 1 aromatic rings. The Kier molecular flexibility index (Phi) is 4.76. The second-order valence-electron chi connectivity index (χ2n) is 5.09. The Hall–Kier alpha value is -1.35. The highest BCUT2D eigenvalue weighted by atomic mass is 16.1. The summed E-state index contributed by atoms with van der Waals surface area (Å²) in [7, 11) is 0. The Balaban J connectivity index is 1.79. The summed E-state index contributed by atoms with van der Waals surface area (Å²) in [6, 6.07) is 10.8. The average molecular weight is 246 g/mol. The zero-order valence-electron chi connectivity index (χ0n) is 10.8. The van der Waals surface area contributed by atoms with Crippen LogP contribution in [0.15, 0.2) is 30.3 Å². The monoisotopic (exact) mass is 246 g/mol. The lowest BCUT2D eigenvalue weighted by Crippen LogP contribution is -2.46. The van der Waals surface area contributed by atoms with Crippen LogP contribution in [0.25, 0.3) is 0 Å². The molecule has 1 aromatic carbocycles. The molecule has 18 heavy (non-hydrogen) atoms. The first kappa shape index (κ1) is 13.1. The molecule has 0 spiro atoms. The van der Waals surface area contributed by atoms with Crippen LogP contribution in [-0.4, -0.2) is 18.5 Å². The largest absolute Gasteiger partial charge is 0.369 e. The van der Waals surface area contributed by atoms with E-state index in [1.807, 2.05) is 6.07 Å². The maximum atomic E-state index is 11.4. The molecule has 3 heteroatoms. The zero-order valence-corrected chi connectivity index (χ0v) is 10.8. The van der Waals surface area contributed by atoms with Crippen molar-refractivity contribution >= 4 is 5.91 Å². The van der Waals surface area contributed by atoms with Crippen molar-refractivity contribution in [3.8, 4) is 0 Å². The highest BCUT2D eigenvalue weighted by Crippen LogP contribution is 2.20. The molecule has 3 nitrogen and oxygen atoms in total. The van der Waals surface area contributed by atoms with Crippen LogP contribution in [0.3, 0.4) is 0 Å². The molecule has 2 unspecified atom stereocenters. The summed E-state index contributed by atoms with van der Waals surface area (Å²) in [4.78, 5) is 11.4. The number of hydrogen-bond donors (Lipinski definition) is 2. The molecule has 0 aromatic heterocycles. The van der Waals surface area contributed by atoms with E-state index in [4.69, 9.17) is 5.73 Å². The number of rotatable bonds is 5. The maximum absolute atomic E-state index is 11.4. The fourth-order valence-electron chi connectivity index (χ4n) is 2.77. The summed E-state index contributed by atoms with van der Waals surface area (Å²) in [5, 5.41) is 3.44. The van der Waals surface area contributed by atoms with Gasteiger partial charge in [0.15, 0.2) is 0 Å². The first-order chi connectivity index (χ1) is 8.77. The minimum Gasteiger partial charge on any atom is -0.369 e. The lowest BCUT2D eigenvalue weighted by molar-refractivity contribution is -0.123. The predicted molar refractivity (Wildman–Crippen MR) is 73.1 cm³/mol. The van der Waals surface area contributed by atoms with E-state index in [-0.39, 0.29) is 17.9 Å². The van der Waals surface area contributed by atoms with Gasteiger partial charge in [0, 0.05) is 6.04 Å². The van der Waals surface area contributed by atoms with Crippen LogP contribution in [0.4, 0.5) is 0 Å². The Labute approximate surface area is 109 Å². The van der Waals surface area contributed by atoms with Crippen molar-refractivity contribution in [1.82, 2.24) is 5.32 Å². The van der Waals surface area contributed by atoms with Gasteiger partial charge in [-0.25, -0.2) is 0 Å². The SMILES string of the molecule is NC(=O)C1CCCNC1CCCc1ccccc1. The van der Waals surface area contributed by atoms with Crippen LogP contribution in [-0.2, 0) is 11.2 Å². The Bertz CT molecular complexity index is 377. The van der Waals surface area contributed by atoms with Gasteiger partial charge < -0.3 is 11.1 Å². The Morgan fingerprint density at radius 1 is 1.33 bits per heavy atom. The van der Waals surface area contributed by atoms with E-state index in [1.165, 1.54) is 5.56 Å². The van der Waals surface area contributed by atoms with E-state index in [1.54, 1.807) is 0 Å². The maximum Gasteiger partial charge on any atom is 0.222 e. The molecule has 0 saturated carbocycles. The molecule has 0 aliphatic carbocycles. The minimum atomic E-state index is -0.146. The molecule has 98 valence electrons. The van der Waals surface area contributed by atoms with Gasteiger partial charge in [0.2, 0.25) is 5.91 Å². The second kappa shape index (κ2) is 6.55. The normalized spacial score (nSPS) is 23.8. The molecule has 0 bridgehead atoms. The summed E-state index contributed by atoms with van der Waals surface area (Å²) in [5.74, 6) is -0.124. The number of carbonyl (C=O) groups excluding carboxylic acids is 1. The molecular formula is C15H22N2O. The van der Waals surface area contributed by atoms with Gasteiger partial charge >= 0.3 is 0 Å². The van der Waals surface area contributed by atoms with E-state index in [9.17, 15) is 4.79 Å². The van der Waals surface area contributed by atoms with Gasteiger partial charge in [0.05, 0.1) is 5.92 Å². The van der Waals surface area contributed by atoms with Crippen molar-refractivity contribution in [2.24, 2.45) is 11.7 Å². The quantitative estimate of drug-likeness (QED) is 0.833. The number of benzene rings is 1. The summed E-state index contributed by atoms with van der Waals surface area (Å²) in [6.45, 7) is 1.01. The Morgan fingerprint density at radius 2 is 2.11 bits per heavy atom. The van der Waals surface area contributed by atoms with Crippen LogP contribution < -0.4 is 11.1 Å². The molecular weight excluding hydrogens is 224 g/mol. The molecule has 2 rings (SSSR count). The highest BCUT2D eigenvalue weighted by molar-refractivity contribution is 5.77. The lowest BCUT2D eigenvalue weighted by Gasteiger charge is -2.30. The van der Waals surface area contributed by atoms with Crippen molar-refractivity contribution in [1.29, 1.82) is 0 Å². The standard InChI is InChI=1S/C15H22N2O/c16-15(18)13-9-5-11-17-14(13)10-4-8-12-6-2-1-3-7-12/h1-3,6-7,13-14,17H,4-5,8-11H2,(H2,16,18). The van der Waals surface area contributed by atoms with Gasteiger partial charge in [0.1, 0.15) is 0 Å². The first-order valence-electron chi connectivity index (χ1n) is 6.84. The van der Waals surface area contributed by atoms with Crippen LogP contribution >= 0.6 is 0 Å². The number of nitrogens with one attached hydrogen (secondary N) is 1. The van der Waals surface area contributed by atoms with E-state index in [2.05, 4.69) is 29.6 Å². The topological polar surface area (TPSA) is 55.1 Å². The van der Waals surface area contributed by atoms with Gasteiger partial charge in [0.25, 0.3) is 0 Å². The van der Waals surface area contributed by atoms with Gasteiger partial charge in [-0.3, -0.25) is 4.79 Å². The lowest BCUT2D eigenvalue weighted by atomic mass is 9.87. The fraction of sp³-hybridized carbons (Fsp3) is 0.533. The van der Waals surface area contributed by atoms with E-state index in [0.29, 0.717) is 0 Å². The number of hydrogen-bond acceptors (Lipinski definition) is 2. The minimum absolute atomic E-state index is 0.0227. The highest BCUT2D eigenvalue weighted by Gasteiger charge is 2.28. The third-order valence-electron chi connectivity index (χ3n) is 3.77. The summed E-state index contributed by atoms with van der Waals surface area (Å²) in [5.41, 5.74) is 6.83.